The Morgan fingerprint density at radius 3 is 2.26 bits per heavy atom. The maximum atomic E-state index is 6.32. The van der Waals surface area contributed by atoms with E-state index in [1.54, 1.807) is 20.4 Å². The van der Waals surface area contributed by atoms with E-state index < -0.39 is 0 Å². The fourth-order valence-corrected chi connectivity index (χ4v) is 2.06. The van der Waals surface area contributed by atoms with Crippen molar-refractivity contribution in [1.82, 2.24) is 4.98 Å². The van der Waals surface area contributed by atoms with Gasteiger partial charge in [0.1, 0.15) is 11.5 Å². The molecule has 1 unspecified atom stereocenters. The van der Waals surface area contributed by atoms with Crippen molar-refractivity contribution in [2.75, 3.05) is 14.2 Å². The first-order chi connectivity index (χ1) is 9.17. The van der Waals surface area contributed by atoms with Gasteiger partial charge in [0.15, 0.2) is 0 Å². The zero-order chi connectivity index (χ0) is 13.8. The average Bonchev–Trinajstić information content (AvgIpc) is 2.45. The Hall–Kier alpha value is -2.07. The van der Waals surface area contributed by atoms with E-state index in [2.05, 4.69) is 4.98 Å². The number of ether oxygens (including phenoxy) is 2. The molecule has 0 aliphatic heterocycles. The number of methoxy groups -OCH3 is 2. The molecule has 4 heteroatoms. The van der Waals surface area contributed by atoms with E-state index in [1.165, 1.54) is 0 Å². The number of nitrogens with two attached hydrogens (primary N) is 1. The Labute approximate surface area is 113 Å². The van der Waals surface area contributed by atoms with Crippen LogP contribution in [0, 0.1) is 6.92 Å². The monoisotopic (exact) mass is 258 g/mol. The summed E-state index contributed by atoms with van der Waals surface area (Å²) in [5, 5.41) is 0. The molecule has 1 atom stereocenters. The van der Waals surface area contributed by atoms with Gasteiger partial charge in [0.2, 0.25) is 0 Å². The molecular weight excluding hydrogens is 240 g/mol. The molecule has 0 fully saturated rings. The molecule has 0 bridgehead atoms. The summed E-state index contributed by atoms with van der Waals surface area (Å²) in [7, 11) is 3.24. The second kappa shape index (κ2) is 5.71. The SMILES string of the molecule is COc1cccc(OC)c1C(N)c1cc(C)ccn1. The highest BCUT2D eigenvalue weighted by molar-refractivity contribution is 5.49. The quantitative estimate of drug-likeness (QED) is 0.915. The van der Waals surface area contributed by atoms with Crippen LogP contribution >= 0.6 is 0 Å². The standard InChI is InChI=1S/C15H18N2O2/c1-10-7-8-17-11(9-10)15(16)14-12(18-2)5-4-6-13(14)19-3/h4-9,15H,16H2,1-3H3. The van der Waals surface area contributed by atoms with Crippen molar-refractivity contribution < 1.29 is 9.47 Å². The van der Waals surface area contributed by atoms with Crippen molar-refractivity contribution in [3.63, 3.8) is 0 Å². The number of hydrogen-bond acceptors (Lipinski definition) is 4. The summed E-state index contributed by atoms with van der Waals surface area (Å²) in [4.78, 5) is 4.33. The summed E-state index contributed by atoms with van der Waals surface area (Å²) >= 11 is 0. The van der Waals surface area contributed by atoms with Gasteiger partial charge in [0.05, 0.1) is 31.5 Å². The minimum Gasteiger partial charge on any atom is -0.496 e. The van der Waals surface area contributed by atoms with Crippen LogP contribution in [0.1, 0.15) is 22.9 Å². The lowest BCUT2D eigenvalue weighted by atomic mass is 10.0. The van der Waals surface area contributed by atoms with Gasteiger partial charge in [-0.05, 0) is 36.8 Å². The summed E-state index contributed by atoms with van der Waals surface area (Å²) in [6.45, 7) is 2.01. The van der Waals surface area contributed by atoms with E-state index in [0.29, 0.717) is 11.5 Å². The third-order valence-corrected chi connectivity index (χ3v) is 3.03. The third kappa shape index (κ3) is 2.69. The number of rotatable bonds is 4. The summed E-state index contributed by atoms with van der Waals surface area (Å²) in [5.41, 5.74) is 9.04. The molecule has 0 amide bonds. The zero-order valence-corrected chi connectivity index (χ0v) is 11.4. The number of aromatic nitrogens is 1. The second-order valence-electron chi connectivity index (χ2n) is 4.31. The largest absolute Gasteiger partial charge is 0.496 e. The molecule has 1 aromatic carbocycles. The number of nitrogens with zero attached hydrogens (tertiary/aromatic N) is 1. The minimum atomic E-state index is -0.383. The Kier molecular flexibility index (Phi) is 4.02. The molecule has 1 heterocycles. The second-order valence-corrected chi connectivity index (χ2v) is 4.31. The predicted molar refractivity (Wildman–Crippen MR) is 74.6 cm³/mol. The molecule has 0 aliphatic carbocycles. The Morgan fingerprint density at radius 2 is 1.74 bits per heavy atom. The molecule has 19 heavy (non-hydrogen) atoms. The van der Waals surface area contributed by atoms with Crippen molar-refractivity contribution in [3.8, 4) is 11.5 Å². The molecule has 0 radical (unpaired) electrons. The van der Waals surface area contributed by atoms with Crippen molar-refractivity contribution in [2.24, 2.45) is 5.73 Å². The summed E-state index contributed by atoms with van der Waals surface area (Å²) < 4.78 is 10.7. The molecule has 0 saturated heterocycles. The van der Waals surface area contributed by atoms with Gasteiger partial charge in [-0.2, -0.15) is 0 Å². The maximum Gasteiger partial charge on any atom is 0.127 e. The molecular formula is C15H18N2O2. The fourth-order valence-electron chi connectivity index (χ4n) is 2.06. The first-order valence-corrected chi connectivity index (χ1v) is 6.06. The molecule has 2 rings (SSSR count). The lowest BCUT2D eigenvalue weighted by molar-refractivity contribution is 0.382. The third-order valence-electron chi connectivity index (χ3n) is 3.03. The molecule has 100 valence electrons. The van der Waals surface area contributed by atoms with Crippen LogP contribution in [0.4, 0.5) is 0 Å². The van der Waals surface area contributed by atoms with Gasteiger partial charge in [-0.25, -0.2) is 0 Å². The topological polar surface area (TPSA) is 57.4 Å². The number of pyridine rings is 1. The van der Waals surface area contributed by atoms with Crippen molar-refractivity contribution >= 4 is 0 Å². The minimum absolute atomic E-state index is 0.383. The Morgan fingerprint density at radius 1 is 1.11 bits per heavy atom. The van der Waals surface area contributed by atoms with Crippen LogP contribution < -0.4 is 15.2 Å². The van der Waals surface area contributed by atoms with Crippen LogP contribution in [0.3, 0.4) is 0 Å². The predicted octanol–water partition coefficient (Wildman–Crippen LogP) is 2.46. The van der Waals surface area contributed by atoms with E-state index in [0.717, 1.165) is 16.8 Å². The maximum absolute atomic E-state index is 6.32. The average molecular weight is 258 g/mol. The van der Waals surface area contributed by atoms with Crippen LogP contribution in [0.25, 0.3) is 0 Å². The van der Waals surface area contributed by atoms with Gasteiger partial charge in [0, 0.05) is 6.20 Å². The van der Waals surface area contributed by atoms with Crippen molar-refractivity contribution in [3.05, 3.63) is 53.3 Å². The van der Waals surface area contributed by atoms with Crippen LogP contribution in [0.2, 0.25) is 0 Å². The lowest BCUT2D eigenvalue weighted by Gasteiger charge is -2.18. The highest BCUT2D eigenvalue weighted by atomic mass is 16.5. The van der Waals surface area contributed by atoms with Gasteiger partial charge in [-0.3, -0.25) is 4.98 Å². The normalized spacial score (nSPS) is 12.0. The van der Waals surface area contributed by atoms with E-state index in [1.807, 2.05) is 37.3 Å². The Balaban J connectivity index is 2.51. The molecule has 2 aromatic rings. The van der Waals surface area contributed by atoms with E-state index in [-0.39, 0.29) is 6.04 Å². The molecule has 0 spiro atoms. The number of hydrogen-bond donors (Lipinski definition) is 1. The summed E-state index contributed by atoms with van der Waals surface area (Å²) in [6.07, 6.45) is 1.76. The van der Waals surface area contributed by atoms with Gasteiger partial charge in [0.25, 0.3) is 0 Å². The molecule has 1 aromatic heterocycles. The zero-order valence-electron chi connectivity index (χ0n) is 11.4. The van der Waals surface area contributed by atoms with Gasteiger partial charge in [-0.1, -0.05) is 6.07 Å². The Bertz CT molecular complexity index is 548. The first kappa shape index (κ1) is 13.4. The smallest absolute Gasteiger partial charge is 0.127 e. The van der Waals surface area contributed by atoms with Crippen molar-refractivity contribution in [1.29, 1.82) is 0 Å². The lowest BCUT2D eigenvalue weighted by Crippen LogP contribution is -2.16. The molecule has 2 N–H and O–H groups in total. The van der Waals surface area contributed by atoms with Gasteiger partial charge < -0.3 is 15.2 Å². The highest BCUT2D eigenvalue weighted by Crippen LogP contribution is 2.35. The van der Waals surface area contributed by atoms with Gasteiger partial charge in [-0.15, -0.1) is 0 Å². The van der Waals surface area contributed by atoms with Crippen molar-refractivity contribution in [2.45, 2.75) is 13.0 Å². The molecule has 4 nitrogen and oxygen atoms in total. The van der Waals surface area contributed by atoms with E-state index in [4.69, 9.17) is 15.2 Å². The molecule has 0 saturated carbocycles. The summed E-state index contributed by atoms with van der Waals surface area (Å²) in [6, 6.07) is 9.14. The van der Waals surface area contributed by atoms with E-state index >= 15 is 0 Å². The number of benzene rings is 1. The highest BCUT2D eigenvalue weighted by Gasteiger charge is 2.20. The van der Waals surface area contributed by atoms with Crippen LogP contribution in [-0.2, 0) is 0 Å². The van der Waals surface area contributed by atoms with Crippen LogP contribution in [0.15, 0.2) is 36.5 Å². The number of aryl methyl sites for hydroxylation is 1. The summed E-state index contributed by atoms with van der Waals surface area (Å²) in [5.74, 6) is 1.41. The van der Waals surface area contributed by atoms with Crippen LogP contribution in [0.5, 0.6) is 11.5 Å². The van der Waals surface area contributed by atoms with Gasteiger partial charge >= 0.3 is 0 Å². The van der Waals surface area contributed by atoms with Crippen LogP contribution in [-0.4, -0.2) is 19.2 Å². The molecule has 0 aliphatic rings. The first-order valence-electron chi connectivity index (χ1n) is 6.06. The fraction of sp³-hybridized carbons (Fsp3) is 0.267. The van der Waals surface area contributed by atoms with E-state index in [9.17, 15) is 0 Å².